The normalized spacial score (nSPS) is 23.6. The third-order valence-electron chi connectivity index (χ3n) is 4.04. The maximum atomic E-state index is 6.08. The molecule has 126 valence electrons. The Kier molecular flexibility index (Phi) is 11.1. The Morgan fingerprint density at radius 3 is 2.24 bits per heavy atom. The van der Waals surface area contributed by atoms with E-state index >= 15 is 0 Å². The third kappa shape index (κ3) is 9.42. The Morgan fingerprint density at radius 1 is 1.00 bits per heavy atom. The zero-order valence-electron chi connectivity index (χ0n) is 13.9. The molecule has 2 N–H and O–H groups in total. The summed E-state index contributed by atoms with van der Waals surface area (Å²) in [6.45, 7) is 11.8. The Morgan fingerprint density at radius 2 is 1.62 bits per heavy atom. The standard InChI is InChI=1S/C16H34N2O3/c1-3-4-8-19-10-12-21-13-11-20-9-7-18-6-5-15(2)16(17)14-18/h15-16H,3-14,17H2,1-2H3. The second kappa shape index (κ2) is 12.4. The van der Waals surface area contributed by atoms with Gasteiger partial charge < -0.3 is 19.9 Å². The van der Waals surface area contributed by atoms with E-state index in [2.05, 4.69) is 18.7 Å². The average Bonchev–Trinajstić information content (AvgIpc) is 2.48. The van der Waals surface area contributed by atoms with Crippen LogP contribution in [0.2, 0.25) is 0 Å². The van der Waals surface area contributed by atoms with Crippen molar-refractivity contribution in [2.75, 3.05) is 59.3 Å². The van der Waals surface area contributed by atoms with Gasteiger partial charge in [0.2, 0.25) is 0 Å². The minimum Gasteiger partial charge on any atom is -0.379 e. The molecular formula is C16H34N2O3. The number of likely N-dealkylation sites (tertiary alicyclic amines) is 1. The molecule has 1 rings (SSSR count). The number of rotatable bonds is 12. The molecule has 0 saturated carbocycles. The number of nitrogens with two attached hydrogens (primary N) is 1. The van der Waals surface area contributed by atoms with Crippen LogP contribution in [0.25, 0.3) is 0 Å². The predicted molar refractivity (Wildman–Crippen MR) is 85.6 cm³/mol. The third-order valence-corrected chi connectivity index (χ3v) is 4.04. The van der Waals surface area contributed by atoms with Crippen LogP contribution in [-0.2, 0) is 14.2 Å². The molecule has 0 spiro atoms. The van der Waals surface area contributed by atoms with Crippen molar-refractivity contribution in [3.8, 4) is 0 Å². The van der Waals surface area contributed by atoms with Crippen molar-refractivity contribution in [3.05, 3.63) is 0 Å². The van der Waals surface area contributed by atoms with Gasteiger partial charge >= 0.3 is 0 Å². The summed E-state index contributed by atoms with van der Waals surface area (Å²) in [6.07, 6.45) is 3.50. The van der Waals surface area contributed by atoms with E-state index in [1.165, 1.54) is 12.8 Å². The van der Waals surface area contributed by atoms with Gasteiger partial charge in [-0.25, -0.2) is 0 Å². The molecule has 5 heteroatoms. The molecule has 0 aliphatic carbocycles. The molecule has 1 aliphatic heterocycles. The molecule has 0 radical (unpaired) electrons. The first-order chi connectivity index (χ1) is 10.2. The molecule has 0 bridgehead atoms. The van der Waals surface area contributed by atoms with E-state index in [1.807, 2.05) is 0 Å². The van der Waals surface area contributed by atoms with Gasteiger partial charge in [-0.05, 0) is 25.3 Å². The molecule has 1 fully saturated rings. The van der Waals surface area contributed by atoms with Crippen molar-refractivity contribution in [2.24, 2.45) is 11.7 Å². The average molecular weight is 302 g/mol. The molecule has 5 nitrogen and oxygen atoms in total. The van der Waals surface area contributed by atoms with Crippen molar-refractivity contribution < 1.29 is 14.2 Å². The van der Waals surface area contributed by atoms with Gasteiger partial charge in [-0.3, -0.25) is 4.90 Å². The predicted octanol–water partition coefficient (Wildman–Crippen LogP) is 1.51. The molecule has 0 aromatic rings. The van der Waals surface area contributed by atoms with Gasteiger partial charge in [0.25, 0.3) is 0 Å². The Labute approximate surface area is 130 Å². The number of hydrogen-bond donors (Lipinski definition) is 1. The molecular weight excluding hydrogens is 268 g/mol. The highest BCUT2D eigenvalue weighted by Gasteiger charge is 2.22. The van der Waals surface area contributed by atoms with E-state index in [1.54, 1.807) is 0 Å². The molecule has 2 atom stereocenters. The molecule has 0 amide bonds. The second-order valence-electron chi connectivity index (χ2n) is 5.92. The molecule has 2 unspecified atom stereocenters. The summed E-state index contributed by atoms with van der Waals surface area (Å²) < 4.78 is 16.5. The van der Waals surface area contributed by atoms with Crippen molar-refractivity contribution in [2.45, 2.75) is 39.2 Å². The topological polar surface area (TPSA) is 57.0 Å². The van der Waals surface area contributed by atoms with Crippen molar-refractivity contribution in [1.82, 2.24) is 4.90 Å². The van der Waals surface area contributed by atoms with Gasteiger partial charge in [-0.1, -0.05) is 20.3 Å². The largest absolute Gasteiger partial charge is 0.379 e. The summed E-state index contributed by atoms with van der Waals surface area (Å²) in [5, 5.41) is 0. The van der Waals surface area contributed by atoms with Gasteiger partial charge in [0.15, 0.2) is 0 Å². The Bertz CT molecular complexity index is 242. The van der Waals surface area contributed by atoms with Crippen LogP contribution in [0.3, 0.4) is 0 Å². The summed E-state index contributed by atoms with van der Waals surface area (Å²) in [5.74, 6) is 0.648. The molecule has 21 heavy (non-hydrogen) atoms. The highest BCUT2D eigenvalue weighted by molar-refractivity contribution is 4.80. The molecule has 1 aliphatic rings. The molecule has 0 aromatic carbocycles. The van der Waals surface area contributed by atoms with E-state index in [0.29, 0.717) is 38.4 Å². The number of hydrogen-bond acceptors (Lipinski definition) is 5. The highest BCUT2D eigenvalue weighted by Crippen LogP contribution is 2.14. The maximum absolute atomic E-state index is 6.08. The van der Waals surface area contributed by atoms with Crippen LogP contribution in [0, 0.1) is 5.92 Å². The minimum absolute atomic E-state index is 0.315. The fourth-order valence-corrected chi connectivity index (χ4v) is 2.35. The summed E-state index contributed by atoms with van der Waals surface area (Å²) in [4.78, 5) is 2.40. The summed E-state index contributed by atoms with van der Waals surface area (Å²) in [5.41, 5.74) is 6.08. The highest BCUT2D eigenvalue weighted by atomic mass is 16.5. The van der Waals surface area contributed by atoms with Crippen LogP contribution >= 0.6 is 0 Å². The van der Waals surface area contributed by atoms with Crippen molar-refractivity contribution in [1.29, 1.82) is 0 Å². The zero-order chi connectivity index (χ0) is 15.3. The monoisotopic (exact) mass is 302 g/mol. The smallest absolute Gasteiger partial charge is 0.0701 e. The first kappa shape index (κ1) is 18.8. The van der Waals surface area contributed by atoms with Gasteiger partial charge in [-0.2, -0.15) is 0 Å². The molecule has 1 heterocycles. The Balaban J connectivity index is 1.80. The zero-order valence-corrected chi connectivity index (χ0v) is 13.9. The lowest BCUT2D eigenvalue weighted by Crippen LogP contribution is -2.48. The lowest BCUT2D eigenvalue weighted by molar-refractivity contribution is 0.00818. The number of nitrogens with zero attached hydrogens (tertiary/aromatic N) is 1. The maximum Gasteiger partial charge on any atom is 0.0701 e. The van der Waals surface area contributed by atoms with E-state index < -0.39 is 0 Å². The minimum atomic E-state index is 0.315. The van der Waals surface area contributed by atoms with Gasteiger partial charge in [0.1, 0.15) is 0 Å². The van der Waals surface area contributed by atoms with E-state index in [4.69, 9.17) is 19.9 Å². The summed E-state index contributed by atoms with van der Waals surface area (Å²) in [7, 11) is 0. The quantitative estimate of drug-likeness (QED) is 0.554. The number of piperidine rings is 1. The van der Waals surface area contributed by atoms with E-state index in [9.17, 15) is 0 Å². The van der Waals surface area contributed by atoms with Crippen LogP contribution in [0.15, 0.2) is 0 Å². The van der Waals surface area contributed by atoms with Crippen LogP contribution < -0.4 is 5.73 Å². The van der Waals surface area contributed by atoms with E-state index in [-0.39, 0.29) is 0 Å². The van der Waals surface area contributed by atoms with Gasteiger partial charge in [0, 0.05) is 25.7 Å². The van der Waals surface area contributed by atoms with E-state index in [0.717, 1.165) is 39.3 Å². The fraction of sp³-hybridized carbons (Fsp3) is 1.00. The second-order valence-corrected chi connectivity index (χ2v) is 5.92. The van der Waals surface area contributed by atoms with Gasteiger partial charge in [0.05, 0.1) is 33.0 Å². The fourth-order valence-electron chi connectivity index (χ4n) is 2.35. The van der Waals surface area contributed by atoms with Crippen LogP contribution in [0.4, 0.5) is 0 Å². The molecule has 0 aromatic heterocycles. The van der Waals surface area contributed by atoms with Gasteiger partial charge in [-0.15, -0.1) is 0 Å². The number of unbranched alkanes of at least 4 members (excludes halogenated alkanes) is 1. The lowest BCUT2D eigenvalue weighted by Gasteiger charge is -2.34. The SMILES string of the molecule is CCCCOCCOCCOCCN1CCC(C)C(N)C1. The lowest BCUT2D eigenvalue weighted by atomic mass is 9.94. The van der Waals surface area contributed by atoms with Crippen LogP contribution in [0.5, 0.6) is 0 Å². The first-order valence-corrected chi connectivity index (χ1v) is 8.45. The van der Waals surface area contributed by atoms with Crippen LogP contribution in [-0.4, -0.2) is 70.2 Å². The van der Waals surface area contributed by atoms with Crippen LogP contribution in [0.1, 0.15) is 33.1 Å². The van der Waals surface area contributed by atoms with Crippen molar-refractivity contribution >= 4 is 0 Å². The summed E-state index contributed by atoms with van der Waals surface area (Å²) in [6, 6.07) is 0.315. The summed E-state index contributed by atoms with van der Waals surface area (Å²) >= 11 is 0. The number of ether oxygens (including phenoxy) is 3. The Hall–Kier alpha value is -0.200. The first-order valence-electron chi connectivity index (χ1n) is 8.45. The van der Waals surface area contributed by atoms with Crippen molar-refractivity contribution in [3.63, 3.8) is 0 Å². The molecule has 1 saturated heterocycles.